The van der Waals surface area contributed by atoms with Crippen LogP contribution in [0.2, 0.25) is 0 Å². The number of carboxylic acid groups (broad SMARTS) is 1. The molecule has 0 aromatic heterocycles. The molecular weight excluding hydrogens is 214 g/mol. The molecule has 90 valence electrons. The van der Waals surface area contributed by atoms with E-state index in [1.54, 1.807) is 0 Å². The molecule has 0 aromatic carbocycles. The minimum atomic E-state index is -0.953. The van der Waals surface area contributed by atoms with Gasteiger partial charge in [-0.1, -0.05) is 0 Å². The number of carbonyl (C=O) groups excluding carboxylic acids is 1. The lowest BCUT2D eigenvalue weighted by Gasteiger charge is -2.26. The lowest BCUT2D eigenvalue weighted by Crippen LogP contribution is -2.33. The summed E-state index contributed by atoms with van der Waals surface area (Å²) >= 11 is 0. The lowest BCUT2D eigenvalue weighted by molar-refractivity contribution is -0.137. The van der Waals surface area contributed by atoms with Crippen LogP contribution in [0.3, 0.4) is 0 Å². The first kappa shape index (κ1) is 12.4. The molecule has 5 N–H and O–H groups in total. The second kappa shape index (κ2) is 5.45. The quantitative estimate of drug-likeness (QED) is 0.493. The number of nitrogens with two attached hydrogens (primary N) is 1. The van der Waals surface area contributed by atoms with Crippen molar-refractivity contribution >= 4 is 17.7 Å². The predicted molar refractivity (Wildman–Crippen MR) is 55.8 cm³/mol. The van der Waals surface area contributed by atoms with Gasteiger partial charge >= 0.3 is 12.0 Å². The van der Waals surface area contributed by atoms with Crippen LogP contribution in [-0.2, 0) is 4.79 Å². The van der Waals surface area contributed by atoms with Crippen LogP contribution in [0.25, 0.3) is 0 Å². The van der Waals surface area contributed by atoms with E-state index in [1.807, 2.05) is 0 Å². The fourth-order valence-corrected chi connectivity index (χ4v) is 1.79. The maximum absolute atomic E-state index is 10.6. The van der Waals surface area contributed by atoms with Crippen LogP contribution >= 0.6 is 0 Å². The third kappa shape index (κ3) is 3.85. The van der Waals surface area contributed by atoms with Crippen molar-refractivity contribution in [2.45, 2.75) is 31.8 Å². The molecule has 0 aromatic rings. The molecule has 0 bridgehead atoms. The van der Waals surface area contributed by atoms with Gasteiger partial charge in [-0.05, 0) is 19.3 Å². The molecule has 1 aliphatic carbocycles. The Labute approximate surface area is 92.3 Å². The molecule has 1 rings (SSSR count). The Morgan fingerprint density at radius 2 is 2.25 bits per heavy atom. The first-order valence-electron chi connectivity index (χ1n) is 5.00. The van der Waals surface area contributed by atoms with Gasteiger partial charge in [0.15, 0.2) is 0 Å². The number of nitrogens with zero attached hydrogens (tertiary/aromatic N) is 1. The molecule has 2 atom stereocenters. The van der Waals surface area contributed by atoms with Crippen LogP contribution in [0, 0.1) is 5.92 Å². The second-order valence-electron chi connectivity index (χ2n) is 3.80. The summed E-state index contributed by atoms with van der Waals surface area (Å²) in [5.74, 6) is -1.29. The van der Waals surface area contributed by atoms with Crippen molar-refractivity contribution in [1.82, 2.24) is 5.43 Å². The zero-order valence-corrected chi connectivity index (χ0v) is 8.72. The Morgan fingerprint density at radius 1 is 1.56 bits per heavy atom. The molecule has 0 aliphatic heterocycles. The number of primary amides is 1. The predicted octanol–water partition coefficient (Wildman–Crippen LogP) is -0.354. The van der Waals surface area contributed by atoms with Crippen molar-refractivity contribution in [2.75, 3.05) is 0 Å². The first-order valence-corrected chi connectivity index (χ1v) is 5.00. The molecule has 1 fully saturated rings. The Kier molecular flexibility index (Phi) is 4.24. The van der Waals surface area contributed by atoms with E-state index in [-0.39, 0.29) is 12.3 Å². The van der Waals surface area contributed by atoms with E-state index < -0.39 is 18.1 Å². The maximum Gasteiger partial charge on any atom is 0.332 e. The van der Waals surface area contributed by atoms with Gasteiger partial charge in [-0.2, -0.15) is 5.10 Å². The van der Waals surface area contributed by atoms with E-state index >= 15 is 0 Å². The topological polar surface area (TPSA) is 125 Å². The van der Waals surface area contributed by atoms with Crippen LogP contribution < -0.4 is 11.2 Å². The Balaban J connectivity index is 2.67. The Bertz CT molecular complexity index is 316. The number of hydrazone groups is 1. The van der Waals surface area contributed by atoms with Crippen molar-refractivity contribution in [3.63, 3.8) is 0 Å². The van der Waals surface area contributed by atoms with Crippen molar-refractivity contribution in [3.05, 3.63) is 0 Å². The minimum Gasteiger partial charge on any atom is -0.481 e. The molecule has 0 saturated heterocycles. The number of aliphatic hydroxyl groups excluding tert-OH is 1. The third-order valence-electron chi connectivity index (χ3n) is 2.49. The number of urea groups is 1. The summed E-state index contributed by atoms with van der Waals surface area (Å²) in [5, 5.41) is 21.9. The van der Waals surface area contributed by atoms with E-state index in [2.05, 4.69) is 10.5 Å². The Hall–Kier alpha value is -1.63. The van der Waals surface area contributed by atoms with Gasteiger partial charge in [0, 0.05) is 11.6 Å². The number of amides is 2. The SMILES string of the molecule is NC(=O)N/N=C1\CCC(O)CC1CC(=O)O. The van der Waals surface area contributed by atoms with E-state index in [1.165, 1.54) is 0 Å². The van der Waals surface area contributed by atoms with Gasteiger partial charge in [0.05, 0.1) is 12.5 Å². The van der Waals surface area contributed by atoms with Gasteiger partial charge in [0.1, 0.15) is 0 Å². The number of nitrogens with one attached hydrogen (secondary N) is 1. The smallest absolute Gasteiger partial charge is 0.332 e. The van der Waals surface area contributed by atoms with Crippen LogP contribution in [0.5, 0.6) is 0 Å². The highest BCUT2D eigenvalue weighted by atomic mass is 16.4. The highest BCUT2D eigenvalue weighted by Crippen LogP contribution is 2.24. The summed E-state index contributed by atoms with van der Waals surface area (Å²) in [6.07, 6.45) is 0.744. The molecule has 0 radical (unpaired) electrons. The molecule has 0 heterocycles. The number of hydrogen-bond acceptors (Lipinski definition) is 4. The normalized spacial score (nSPS) is 27.7. The molecule has 1 aliphatic rings. The van der Waals surface area contributed by atoms with Crippen LogP contribution in [-0.4, -0.2) is 34.0 Å². The average molecular weight is 229 g/mol. The highest BCUT2D eigenvalue weighted by molar-refractivity contribution is 5.91. The molecule has 2 unspecified atom stereocenters. The average Bonchev–Trinajstić information content (AvgIpc) is 2.15. The summed E-state index contributed by atoms with van der Waals surface area (Å²) in [4.78, 5) is 21.1. The summed E-state index contributed by atoms with van der Waals surface area (Å²) in [6.45, 7) is 0. The number of rotatable bonds is 3. The highest BCUT2D eigenvalue weighted by Gasteiger charge is 2.28. The zero-order chi connectivity index (χ0) is 12.1. The molecule has 0 spiro atoms. The fraction of sp³-hybridized carbons (Fsp3) is 0.667. The maximum atomic E-state index is 10.6. The standard InChI is InChI=1S/C9H15N3O4/c10-9(16)12-11-7-2-1-6(13)3-5(7)4-8(14)15/h5-6,13H,1-4H2,(H,14,15)(H3,10,12,16)/b11-7+. The largest absolute Gasteiger partial charge is 0.481 e. The van der Waals surface area contributed by atoms with E-state index in [0.29, 0.717) is 25.0 Å². The number of aliphatic carboxylic acids is 1. The van der Waals surface area contributed by atoms with Crippen molar-refractivity contribution in [2.24, 2.45) is 16.8 Å². The van der Waals surface area contributed by atoms with Crippen molar-refractivity contribution in [1.29, 1.82) is 0 Å². The van der Waals surface area contributed by atoms with Crippen molar-refractivity contribution in [3.8, 4) is 0 Å². The number of carbonyl (C=O) groups is 2. The molecule has 2 amide bonds. The monoisotopic (exact) mass is 229 g/mol. The lowest BCUT2D eigenvalue weighted by atomic mass is 9.83. The van der Waals surface area contributed by atoms with Gasteiger partial charge in [-0.15, -0.1) is 0 Å². The fourth-order valence-electron chi connectivity index (χ4n) is 1.79. The second-order valence-corrected chi connectivity index (χ2v) is 3.80. The van der Waals surface area contributed by atoms with Crippen LogP contribution in [0.1, 0.15) is 25.7 Å². The Morgan fingerprint density at radius 3 is 2.81 bits per heavy atom. The van der Waals surface area contributed by atoms with E-state index in [4.69, 9.17) is 10.8 Å². The van der Waals surface area contributed by atoms with E-state index in [0.717, 1.165) is 0 Å². The summed E-state index contributed by atoms with van der Waals surface area (Å²) < 4.78 is 0. The van der Waals surface area contributed by atoms with Crippen LogP contribution in [0.15, 0.2) is 5.10 Å². The number of hydrogen-bond donors (Lipinski definition) is 4. The number of aliphatic hydroxyl groups is 1. The van der Waals surface area contributed by atoms with Gasteiger partial charge < -0.3 is 15.9 Å². The molecular formula is C9H15N3O4. The molecule has 1 saturated carbocycles. The van der Waals surface area contributed by atoms with Gasteiger partial charge in [-0.25, -0.2) is 10.2 Å². The molecule has 7 nitrogen and oxygen atoms in total. The summed E-state index contributed by atoms with van der Waals surface area (Å²) in [7, 11) is 0. The van der Waals surface area contributed by atoms with Crippen molar-refractivity contribution < 1.29 is 19.8 Å². The van der Waals surface area contributed by atoms with E-state index in [9.17, 15) is 14.7 Å². The first-order chi connectivity index (χ1) is 7.49. The third-order valence-corrected chi connectivity index (χ3v) is 2.49. The van der Waals surface area contributed by atoms with Gasteiger partial charge in [0.2, 0.25) is 0 Å². The summed E-state index contributed by atoms with van der Waals surface area (Å²) in [5.41, 5.74) is 7.52. The number of carboxylic acids is 1. The van der Waals surface area contributed by atoms with Gasteiger partial charge in [-0.3, -0.25) is 4.79 Å². The van der Waals surface area contributed by atoms with Crippen LogP contribution in [0.4, 0.5) is 4.79 Å². The van der Waals surface area contributed by atoms with Gasteiger partial charge in [0.25, 0.3) is 0 Å². The summed E-state index contributed by atoms with van der Waals surface area (Å²) in [6, 6.07) is -0.785. The minimum absolute atomic E-state index is 0.101. The molecule has 7 heteroatoms. The zero-order valence-electron chi connectivity index (χ0n) is 8.72. The molecule has 16 heavy (non-hydrogen) atoms.